The van der Waals surface area contributed by atoms with Crippen LogP contribution in [0, 0.1) is 0 Å². The highest BCUT2D eigenvalue weighted by Gasteiger charge is 2.19. The Hall–Kier alpha value is -0.0900. The van der Waals surface area contributed by atoms with E-state index in [4.69, 9.17) is 16.3 Å². The van der Waals surface area contributed by atoms with Crippen LogP contribution in [0.3, 0.4) is 0 Å². The predicted molar refractivity (Wildman–Crippen MR) is 74.5 cm³/mol. The standard InChI is InChI=1S/C13H17BrClNO/c1-17-12-4-6-16(7-5-12)9-10-2-3-11(14)8-13(10)15/h2-3,8,12H,4-7,9H2,1H3. The number of ether oxygens (including phenoxy) is 1. The number of nitrogens with zero attached hydrogens (tertiary/aromatic N) is 1. The first-order chi connectivity index (χ1) is 8.19. The van der Waals surface area contributed by atoms with Crippen LogP contribution in [-0.4, -0.2) is 31.2 Å². The molecule has 1 aliphatic rings. The van der Waals surface area contributed by atoms with Gasteiger partial charge in [0.25, 0.3) is 0 Å². The first kappa shape index (κ1) is 13.3. The molecular formula is C13H17BrClNO. The van der Waals surface area contributed by atoms with Crippen LogP contribution in [-0.2, 0) is 11.3 Å². The van der Waals surface area contributed by atoms with Crippen molar-refractivity contribution >= 4 is 27.5 Å². The molecule has 1 aromatic carbocycles. The van der Waals surface area contributed by atoms with E-state index in [1.165, 1.54) is 5.56 Å². The second kappa shape index (κ2) is 6.19. The van der Waals surface area contributed by atoms with Gasteiger partial charge < -0.3 is 4.74 Å². The molecule has 0 saturated carbocycles. The van der Waals surface area contributed by atoms with Gasteiger partial charge in [-0.3, -0.25) is 4.90 Å². The Morgan fingerprint density at radius 1 is 1.41 bits per heavy atom. The van der Waals surface area contributed by atoms with Gasteiger partial charge in [0.15, 0.2) is 0 Å². The SMILES string of the molecule is COC1CCN(Cc2ccc(Br)cc2Cl)CC1. The number of benzene rings is 1. The van der Waals surface area contributed by atoms with Crippen LogP contribution in [0.1, 0.15) is 18.4 Å². The Bertz CT molecular complexity index is 378. The Morgan fingerprint density at radius 2 is 2.12 bits per heavy atom. The molecular weight excluding hydrogens is 302 g/mol. The second-order valence-electron chi connectivity index (χ2n) is 4.45. The van der Waals surface area contributed by atoms with Crippen LogP contribution < -0.4 is 0 Å². The van der Waals surface area contributed by atoms with Crippen LogP contribution in [0.2, 0.25) is 5.02 Å². The third-order valence-electron chi connectivity index (χ3n) is 3.28. The molecule has 1 aliphatic heterocycles. The molecule has 0 aliphatic carbocycles. The summed E-state index contributed by atoms with van der Waals surface area (Å²) in [4.78, 5) is 2.44. The average molecular weight is 319 g/mol. The lowest BCUT2D eigenvalue weighted by atomic mass is 10.1. The molecule has 0 atom stereocenters. The minimum atomic E-state index is 0.437. The molecule has 0 bridgehead atoms. The minimum Gasteiger partial charge on any atom is -0.381 e. The normalized spacial score (nSPS) is 18.5. The Kier molecular flexibility index (Phi) is 4.86. The summed E-state index contributed by atoms with van der Waals surface area (Å²) >= 11 is 9.65. The van der Waals surface area contributed by atoms with Gasteiger partial charge in [-0.2, -0.15) is 0 Å². The summed E-state index contributed by atoms with van der Waals surface area (Å²) in [5.41, 5.74) is 1.20. The lowest BCUT2D eigenvalue weighted by Gasteiger charge is -2.31. The van der Waals surface area contributed by atoms with Crippen molar-refractivity contribution < 1.29 is 4.74 Å². The van der Waals surface area contributed by atoms with Crippen molar-refractivity contribution in [2.75, 3.05) is 20.2 Å². The topological polar surface area (TPSA) is 12.5 Å². The van der Waals surface area contributed by atoms with Gasteiger partial charge in [-0.1, -0.05) is 33.6 Å². The number of methoxy groups -OCH3 is 1. The predicted octanol–water partition coefficient (Wildman–Crippen LogP) is 3.71. The van der Waals surface area contributed by atoms with Crippen LogP contribution in [0.4, 0.5) is 0 Å². The summed E-state index contributed by atoms with van der Waals surface area (Å²) in [5, 5.41) is 0.841. The van der Waals surface area contributed by atoms with Crippen molar-refractivity contribution in [2.45, 2.75) is 25.5 Å². The van der Waals surface area contributed by atoms with E-state index >= 15 is 0 Å². The number of hydrogen-bond acceptors (Lipinski definition) is 2. The van der Waals surface area contributed by atoms with Crippen molar-refractivity contribution in [1.29, 1.82) is 0 Å². The molecule has 0 aromatic heterocycles. The van der Waals surface area contributed by atoms with Gasteiger partial charge in [0.2, 0.25) is 0 Å². The zero-order valence-corrected chi connectivity index (χ0v) is 12.3. The van der Waals surface area contributed by atoms with Crippen molar-refractivity contribution in [2.24, 2.45) is 0 Å². The fraction of sp³-hybridized carbons (Fsp3) is 0.538. The molecule has 0 radical (unpaired) electrons. The fourth-order valence-electron chi connectivity index (χ4n) is 2.19. The summed E-state index contributed by atoms with van der Waals surface area (Å²) in [6, 6.07) is 6.09. The molecule has 1 fully saturated rings. The van der Waals surface area contributed by atoms with Gasteiger partial charge in [0, 0.05) is 36.2 Å². The highest BCUT2D eigenvalue weighted by molar-refractivity contribution is 9.10. The molecule has 1 saturated heterocycles. The van der Waals surface area contributed by atoms with Crippen LogP contribution in [0.15, 0.2) is 22.7 Å². The monoisotopic (exact) mass is 317 g/mol. The van der Waals surface area contributed by atoms with E-state index in [0.717, 1.165) is 42.0 Å². The second-order valence-corrected chi connectivity index (χ2v) is 5.77. The number of hydrogen-bond donors (Lipinski definition) is 0. The van der Waals surface area contributed by atoms with Gasteiger partial charge >= 0.3 is 0 Å². The zero-order valence-electron chi connectivity index (χ0n) is 9.96. The van der Waals surface area contributed by atoms with E-state index in [1.54, 1.807) is 7.11 Å². The molecule has 2 nitrogen and oxygen atoms in total. The Balaban J connectivity index is 1.93. The lowest BCUT2D eigenvalue weighted by Crippen LogP contribution is -2.36. The summed E-state index contributed by atoms with van der Waals surface area (Å²) < 4.78 is 6.40. The average Bonchev–Trinajstić information content (AvgIpc) is 2.34. The van der Waals surface area contributed by atoms with Crippen LogP contribution in [0.25, 0.3) is 0 Å². The van der Waals surface area contributed by atoms with Crippen molar-refractivity contribution in [3.8, 4) is 0 Å². The number of rotatable bonds is 3. The first-order valence-electron chi connectivity index (χ1n) is 5.88. The highest BCUT2D eigenvalue weighted by Crippen LogP contribution is 2.24. The summed E-state index contributed by atoms with van der Waals surface area (Å²) in [7, 11) is 1.80. The van der Waals surface area contributed by atoms with Crippen LogP contribution >= 0.6 is 27.5 Å². The van der Waals surface area contributed by atoms with Gasteiger partial charge in [-0.05, 0) is 30.5 Å². The quantitative estimate of drug-likeness (QED) is 0.842. The maximum absolute atomic E-state index is 6.22. The minimum absolute atomic E-state index is 0.437. The number of likely N-dealkylation sites (tertiary alicyclic amines) is 1. The van der Waals surface area contributed by atoms with Gasteiger partial charge in [0.1, 0.15) is 0 Å². The summed E-state index contributed by atoms with van der Waals surface area (Å²) in [5.74, 6) is 0. The van der Waals surface area contributed by atoms with Gasteiger partial charge in [-0.15, -0.1) is 0 Å². The Labute approximate surface area is 116 Å². The van der Waals surface area contributed by atoms with E-state index in [0.29, 0.717) is 6.10 Å². The smallest absolute Gasteiger partial charge is 0.0595 e. The highest BCUT2D eigenvalue weighted by atomic mass is 79.9. The van der Waals surface area contributed by atoms with Crippen molar-refractivity contribution in [3.05, 3.63) is 33.3 Å². The largest absolute Gasteiger partial charge is 0.381 e. The summed E-state index contributed by atoms with van der Waals surface area (Å²) in [6.45, 7) is 3.11. The molecule has 0 amide bonds. The maximum atomic E-state index is 6.22. The van der Waals surface area contributed by atoms with E-state index in [9.17, 15) is 0 Å². The van der Waals surface area contributed by atoms with Gasteiger partial charge in [-0.25, -0.2) is 0 Å². The van der Waals surface area contributed by atoms with Crippen LogP contribution in [0.5, 0.6) is 0 Å². The van der Waals surface area contributed by atoms with E-state index < -0.39 is 0 Å². The number of halogens is 2. The van der Waals surface area contributed by atoms with E-state index in [-0.39, 0.29) is 0 Å². The van der Waals surface area contributed by atoms with Gasteiger partial charge in [0.05, 0.1) is 6.10 Å². The third kappa shape index (κ3) is 3.68. The van der Waals surface area contributed by atoms with E-state index in [2.05, 4.69) is 26.9 Å². The van der Waals surface area contributed by atoms with Crippen molar-refractivity contribution in [1.82, 2.24) is 4.90 Å². The summed E-state index contributed by atoms with van der Waals surface area (Å²) in [6.07, 6.45) is 2.67. The van der Waals surface area contributed by atoms with Crippen molar-refractivity contribution in [3.63, 3.8) is 0 Å². The molecule has 0 unspecified atom stereocenters. The molecule has 0 spiro atoms. The lowest BCUT2D eigenvalue weighted by molar-refractivity contribution is 0.0389. The Morgan fingerprint density at radius 3 is 2.71 bits per heavy atom. The molecule has 17 heavy (non-hydrogen) atoms. The first-order valence-corrected chi connectivity index (χ1v) is 7.05. The maximum Gasteiger partial charge on any atom is 0.0595 e. The molecule has 1 aromatic rings. The van der Waals surface area contributed by atoms with E-state index in [1.807, 2.05) is 12.1 Å². The fourth-order valence-corrected chi connectivity index (χ4v) is 2.93. The third-order valence-corrected chi connectivity index (χ3v) is 4.12. The molecule has 94 valence electrons. The zero-order chi connectivity index (χ0) is 12.3. The molecule has 0 N–H and O–H groups in total. The molecule has 2 rings (SSSR count). The molecule has 1 heterocycles. The number of piperidine rings is 1. The molecule has 4 heteroatoms.